The molecule has 2 rings (SSSR count). The van der Waals surface area contributed by atoms with Crippen LogP contribution in [0, 0.1) is 10.1 Å². The van der Waals surface area contributed by atoms with Gasteiger partial charge in [-0.25, -0.2) is 4.99 Å². The molecule has 0 aliphatic heterocycles. The maximum atomic E-state index is 10.5. The normalized spacial score (nSPS) is 11.4. The minimum atomic E-state index is -0.461. The van der Waals surface area contributed by atoms with Gasteiger partial charge < -0.3 is 0 Å². The molecule has 0 radical (unpaired) electrons. The molecular formula is C13H8Cl2N2O2S. The molecule has 0 saturated heterocycles. The van der Waals surface area contributed by atoms with Gasteiger partial charge in [-0.1, -0.05) is 35.0 Å². The van der Waals surface area contributed by atoms with E-state index in [9.17, 15) is 10.1 Å². The molecule has 2 aromatic carbocycles. The number of aliphatic imine (C=N–C) groups is 1. The number of nitro groups is 1. The number of benzene rings is 2. The molecule has 0 aliphatic carbocycles. The molecule has 0 amide bonds. The minimum Gasteiger partial charge on any atom is -0.258 e. The molecule has 2 aromatic rings. The second-order valence-corrected chi connectivity index (χ2v) is 5.78. The molecule has 0 fully saturated rings. The lowest BCUT2D eigenvalue weighted by Crippen LogP contribution is -1.86. The Bertz CT molecular complexity index is 642. The highest BCUT2D eigenvalue weighted by Crippen LogP contribution is 2.26. The minimum absolute atomic E-state index is 0.0189. The lowest BCUT2D eigenvalue weighted by Gasteiger charge is -2.00. The zero-order valence-electron chi connectivity index (χ0n) is 9.99. The van der Waals surface area contributed by atoms with Crippen LogP contribution in [0.2, 0.25) is 5.02 Å². The van der Waals surface area contributed by atoms with E-state index in [0.717, 1.165) is 4.90 Å². The van der Waals surface area contributed by atoms with E-state index in [0.29, 0.717) is 15.2 Å². The van der Waals surface area contributed by atoms with Gasteiger partial charge in [-0.3, -0.25) is 10.1 Å². The highest BCUT2D eigenvalue weighted by atomic mass is 35.5. The maximum absolute atomic E-state index is 10.5. The van der Waals surface area contributed by atoms with Gasteiger partial charge in [0.1, 0.15) is 0 Å². The highest BCUT2D eigenvalue weighted by molar-refractivity contribution is 8.16. The Labute approximate surface area is 129 Å². The van der Waals surface area contributed by atoms with Gasteiger partial charge in [0.15, 0.2) is 4.50 Å². The molecule has 0 aliphatic rings. The van der Waals surface area contributed by atoms with Crippen LogP contribution in [0.15, 0.2) is 58.4 Å². The van der Waals surface area contributed by atoms with Crippen LogP contribution in [-0.2, 0) is 0 Å². The first kappa shape index (κ1) is 14.8. The van der Waals surface area contributed by atoms with Crippen LogP contribution < -0.4 is 0 Å². The van der Waals surface area contributed by atoms with E-state index >= 15 is 0 Å². The first-order valence-corrected chi connectivity index (χ1v) is 7.04. The Morgan fingerprint density at radius 2 is 1.70 bits per heavy atom. The number of hydrogen-bond donors (Lipinski definition) is 0. The molecule has 7 heteroatoms. The van der Waals surface area contributed by atoms with Crippen molar-refractivity contribution in [3.63, 3.8) is 0 Å². The van der Waals surface area contributed by atoms with E-state index in [4.69, 9.17) is 23.2 Å². The quantitative estimate of drug-likeness (QED) is 0.254. The average molecular weight is 327 g/mol. The summed E-state index contributed by atoms with van der Waals surface area (Å²) in [4.78, 5) is 15.1. The molecule has 0 heterocycles. The molecule has 0 unspecified atom stereocenters. The van der Waals surface area contributed by atoms with Gasteiger partial charge in [0.2, 0.25) is 0 Å². The molecular weight excluding hydrogens is 319 g/mol. The van der Waals surface area contributed by atoms with Crippen molar-refractivity contribution in [2.24, 2.45) is 4.99 Å². The smallest absolute Gasteiger partial charge is 0.258 e. The fourth-order valence-corrected chi connectivity index (χ4v) is 2.48. The van der Waals surface area contributed by atoms with Crippen molar-refractivity contribution >= 4 is 50.8 Å². The van der Waals surface area contributed by atoms with Crippen LogP contribution in [-0.4, -0.2) is 9.43 Å². The van der Waals surface area contributed by atoms with Crippen LogP contribution in [0.25, 0.3) is 0 Å². The van der Waals surface area contributed by atoms with Crippen molar-refractivity contribution in [1.82, 2.24) is 0 Å². The van der Waals surface area contributed by atoms with Crippen LogP contribution >= 0.6 is 35.0 Å². The van der Waals surface area contributed by atoms with E-state index in [1.54, 1.807) is 24.3 Å². The van der Waals surface area contributed by atoms with Gasteiger partial charge in [-0.05, 0) is 36.4 Å². The van der Waals surface area contributed by atoms with Gasteiger partial charge in [0.05, 0.1) is 10.6 Å². The molecule has 0 aromatic heterocycles. The molecule has 0 N–H and O–H groups in total. The summed E-state index contributed by atoms with van der Waals surface area (Å²) in [6.45, 7) is 0. The highest BCUT2D eigenvalue weighted by Gasteiger charge is 2.04. The zero-order valence-corrected chi connectivity index (χ0v) is 12.3. The Hall–Kier alpha value is -1.56. The maximum Gasteiger partial charge on any atom is 0.269 e. The van der Waals surface area contributed by atoms with E-state index < -0.39 is 4.92 Å². The fourth-order valence-electron chi connectivity index (χ4n) is 1.37. The molecule has 0 spiro atoms. The SMILES string of the molecule is O=[N+]([O-])c1ccc(N=C(Cl)Sc2ccc(Cl)cc2)cc1. The largest absolute Gasteiger partial charge is 0.269 e. The number of thioether (sulfide) groups is 1. The van der Waals surface area contributed by atoms with Crippen molar-refractivity contribution in [2.45, 2.75) is 4.90 Å². The second kappa shape index (κ2) is 6.74. The van der Waals surface area contributed by atoms with Crippen molar-refractivity contribution in [2.75, 3.05) is 0 Å². The predicted molar refractivity (Wildman–Crippen MR) is 83.4 cm³/mol. The number of halogens is 2. The number of nitro benzene ring substituents is 1. The first-order chi connectivity index (χ1) is 9.54. The fraction of sp³-hybridized carbons (Fsp3) is 0. The Morgan fingerprint density at radius 1 is 1.10 bits per heavy atom. The lowest BCUT2D eigenvalue weighted by atomic mass is 10.3. The van der Waals surface area contributed by atoms with Gasteiger partial charge in [0, 0.05) is 22.1 Å². The third kappa shape index (κ3) is 4.23. The summed E-state index contributed by atoms with van der Waals surface area (Å²) in [5.41, 5.74) is 0.576. The third-order valence-electron chi connectivity index (χ3n) is 2.29. The summed E-state index contributed by atoms with van der Waals surface area (Å²) < 4.78 is 0.321. The zero-order chi connectivity index (χ0) is 14.5. The molecule has 20 heavy (non-hydrogen) atoms. The van der Waals surface area contributed by atoms with Crippen LogP contribution in [0.1, 0.15) is 0 Å². The van der Waals surface area contributed by atoms with E-state index in [2.05, 4.69) is 4.99 Å². The summed E-state index contributed by atoms with van der Waals surface area (Å²) in [5, 5.41) is 11.2. The van der Waals surface area contributed by atoms with Crippen LogP contribution in [0.4, 0.5) is 11.4 Å². The van der Waals surface area contributed by atoms with E-state index in [1.807, 2.05) is 12.1 Å². The molecule has 4 nitrogen and oxygen atoms in total. The Kier molecular flexibility index (Phi) is 5.00. The van der Waals surface area contributed by atoms with Crippen molar-refractivity contribution in [1.29, 1.82) is 0 Å². The Morgan fingerprint density at radius 3 is 2.25 bits per heavy atom. The van der Waals surface area contributed by atoms with Crippen molar-refractivity contribution in [3.8, 4) is 0 Å². The number of rotatable bonds is 3. The third-order valence-corrected chi connectivity index (χ3v) is 3.63. The molecule has 0 bridgehead atoms. The second-order valence-electron chi connectivity index (χ2n) is 3.69. The first-order valence-electron chi connectivity index (χ1n) is 5.46. The van der Waals surface area contributed by atoms with E-state index in [1.165, 1.54) is 23.9 Å². The molecule has 0 atom stereocenters. The van der Waals surface area contributed by atoms with Gasteiger partial charge in [-0.15, -0.1) is 0 Å². The number of non-ortho nitro benzene ring substituents is 1. The van der Waals surface area contributed by atoms with Crippen molar-refractivity contribution in [3.05, 3.63) is 63.7 Å². The molecule has 102 valence electrons. The molecule has 0 saturated carbocycles. The van der Waals surface area contributed by atoms with Gasteiger partial charge >= 0.3 is 0 Å². The average Bonchev–Trinajstić information content (AvgIpc) is 2.42. The monoisotopic (exact) mass is 326 g/mol. The lowest BCUT2D eigenvalue weighted by molar-refractivity contribution is -0.384. The van der Waals surface area contributed by atoms with Gasteiger partial charge in [0.25, 0.3) is 5.69 Å². The summed E-state index contributed by atoms with van der Waals surface area (Å²) in [6, 6.07) is 13.1. The van der Waals surface area contributed by atoms with E-state index in [-0.39, 0.29) is 5.69 Å². The predicted octanol–water partition coefficient (Wildman–Crippen LogP) is 5.27. The number of hydrogen-bond acceptors (Lipinski definition) is 4. The number of nitrogens with zero attached hydrogens (tertiary/aromatic N) is 2. The van der Waals surface area contributed by atoms with Crippen LogP contribution in [0.5, 0.6) is 0 Å². The standard InChI is InChI=1S/C13H8Cl2N2O2S/c14-9-1-7-12(8-2-9)20-13(15)16-10-3-5-11(6-4-10)17(18)19/h1-8H. The Balaban J connectivity index is 2.09. The topological polar surface area (TPSA) is 55.5 Å². The summed E-state index contributed by atoms with van der Waals surface area (Å²) >= 11 is 13.1. The summed E-state index contributed by atoms with van der Waals surface area (Å²) in [7, 11) is 0. The summed E-state index contributed by atoms with van der Waals surface area (Å²) in [5.74, 6) is 0. The summed E-state index contributed by atoms with van der Waals surface area (Å²) in [6.07, 6.45) is 0. The van der Waals surface area contributed by atoms with Crippen LogP contribution in [0.3, 0.4) is 0 Å². The van der Waals surface area contributed by atoms with Gasteiger partial charge in [-0.2, -0.15) is 0 Å². The van der Waals surface area contributed by atoms with Crippen molar-refractivity contribution < 1.29 is 4.92 Å².